The number of amides is 4. The molecule has 4 amide bonds. The van der Waals surface area contributed by atoms with Gasteiger partial charge in [-0.2, -0.15) is 20.4 Å². The van der Waals surface area contributed by atoms with Gasteiger partial charge in [0, 0.05) is 202 Å². The number of carbonyl (C=O) groups is 4. The van der Waals surface area contributed by atoms with E-state index in [1.807, 2.05) is 107 Å². The Morgan fingerprint density at radius 1 is 0.303 bits per heavy atom. The number of halogens is 2. The summed E-state index contributed by atoms with van der Waals surface area (Å²) >= 11 is 0. The number of nitrogens with one attached hydrogen (secondary N) is 12. The average molecular weight is 1920 g/mol. The summed E-state index contributed by atoms with van der Waals surface area (Å²) in [5.41, 5.74) is 25.9. The van der Waals surface area contributed by atoms with E-state index in [2.05, 4.69) is 152 Å². The zero-order chi connectivity index (χ0) is 99.3. The van der Waals surface area contributed by atoms with Crippen molar-refractivity contribution in [2.24, 2.45) is 11.8 Å². The molecule has 0 aliphatic heterocycles. The number of nitrogens with zero attached hydrogens (tertiary/aromatic N) is 22. The number of fused-ring (bicyclic) bond motifs is 8. The molecular formula is C105H82F2N34O4. The van der Waals surface area contributed by atoms with Gasteiger partial charge in [0.15, 0.2) is 45.9 Å². The minimum absolute atomic E-state index is 0.0540. The van der Waals surface area contributed by atoms with Gasteiger partial charge in [0.1, 0.15) is 45.4 Å². The van der Waals surface area contributed by atoms with Gasteiger partial charge in [-0.15, -0.1) is 0 Å². The smallest absolute Gasteiger partial charge is 0.226 e. The Morgan fingerprint density at radius 2 is 0.655 bits per heavy atom. The predicted molar refractivity (Wildman–Crippen MR) is 547 cm³/mol. The molecule has 38 nitrogen and oxygen atoms in total. The van der Waals surface area contributed by atoms with E-state index in [0.29, 0.717) is 144 Å². The molecule has 0 unspecified atom stereocenters. The quantitative estimate of drug-likeness (QED) is 0.0318. The van der Waals surface area contributed by atoms with Gasteiger partial charge < -0.3 is 41.2 Å². The van der Waals surface area contributed by atoms with Crippen molar-refractivity contribution in [2.75, 3.05) is 21.3 Å². The van der Waals surface area contributed by atoms with E-state index in [1.54, 1.807) is 187 Å². The highest BCUT2D eigenvalue weighted by Crippen LogP contribution is 2.40. The Bertz CT molecular complexity index is 9040. The number of pyridine rings is 14. The fourth-order valence-electron chi connectivity index (χ4n) is 16.4. The largest absolute Gasteiger partial charge is 0.335 e. The number of anilines is 4. The number of rotatable bonds is 21. The van der Waals surface area contributed by atoms with Crippen LogP contribution in [0.5, 0.6) is 0 Å². The van der Waals surface area contributed by atoms with Gasteiger partial charge in [0.05, 0.1) is 127 Å². The molecule has 22 aromatic heterocycles. The fraction of sp³-hybridized carbons (Fsp3) is 0.105. The van der Waals surface area contributed by atoms with Crippen LogP contribution in [0.3, 0.4) is 0 Å². The summed E-state index contributed by atoms with van der Waals surface area (Å²) in [5, 5.41) is 44.1. The van der Waals surface area contributed by atoms with Gasteiger partial charge >= 0.3 is 0 Å². The molecule has 0 spiro atoms. The van der Waals surface area contributed by atoms with Gasteiger partial charge in [-0.05, 0) is 102 Å². The van der Waals surface area contributed by atoms with Crippen LogP contribution in [0, 0.1) is 23.5 Å². The lowest BCUT2D eigenvalue weighted by atomic mass is 10.1. The number of carbonyl (C=O) groups excluding carboxylic acids is 4. The topological polar surface area (TPSA) is 526 Å². The van der Waals surface area contributed by atoms with Crippen molar-refractivity contribution in [1.82, 2.24) is 150 Å². The Kier molecular flexibility index (Phi) is 25.1. The summed E-state index contributed by atoms with van der Waals surface area (Å²) in [6.45, 7) is 11.3. The standard InChI is InChI=1S/C28H23FN8O.C26H19FN8O.C26H21N9O.C25H19N9O/c1-15(2)6-24(38)33-20-8-17(10-30-12-20)18-9-21-26(36-37-27(21)32-11-18)28-34-23-14-31-13-22(25(23)35-28)16-4-3-5-19(29)7-16;1-2-22(36)31-16-7-14(9-28-11-16)15-8-18-24(34-35-25(18)30-10-15)26-32-21-13-29-12-19(23(21)33-26)17-5-3-4-6-20(17)27;1-14(2)26(36)31-18-6-16(9-28-11-18)17-7-19-23(34-35-24(19)30-10-17)25-32-21-13-29-12-20(22(21)33-25)15-4-3-5-27-8-15;1-2-21(35)30-17-7-15(9-27-11-17)16-8-18-23(33-34-24(18)29-10-16)25-31-20-13-28-12-19(22(20)32-25)14-3-5-26-6-4-14/h3-5,7-15H,6H2,1-2H3,(H,33,38)(H,34,35)(H,32,36,37);3-13H,2H2,1H3,(H,31,36)(H,32,33)(H,30,34,35);3-14H,1-2H3,(H,31,36)(H,32,33)(H,30,34,35);3-13H,2H2,1H3,(H,30,35)(H,31,32)(H,29,33,34). The van der Waals surface area contributed by atoms with Crippen molar-refractivity contribution in [3.05, 3.63) is 282 Å². The molecule has 710 valence electrons. The number of hydrogen-bond acceptors (Lipinski definition) is 26. The van der Waals surface area contributed by atoms with Crippen LogP contribution in [0.15, 0.2) is 270 Å². The molecule has 145 heavy (non-hydrogen) atoms. The summed E-state index contributed by atoms with van der Waals surface area (Å²) < 4.78 is 28.4. The Labute approximate surface area is 819 Å². The maximum Gasteiger partial charge on any atom is 0.226 e. The Morgan fingerprint density at radius 3 is 1.03 bits per heavy atom. The second kappa shape index (κ2) is 39.9. The normalized spacial score (nSPS) is 11.4. The summed E-state index contributed by atoms with van der Waals surface area (Å²) in [5.74, 6) is 1.52. The van der Waals surface area contributed by atoms with E-state index in [4.69, 9.17) is 19.9 Å². The number of imidazole rings is 4. The zero-order valence-electron chi connectivity index (χ0n) is 77.9. The lowest BCUT2D eigenvalue weighted by molar-refractivity contribution is -0.119. The van der Waals surface area contributed by atoms with Gasteiger partial charge in [-0.25, -0.2) is 48.7 Å². The number of benzene rings is 2. The Balaban J connectivity index is 0.000000114. The van der Waals surface area contributed by atoms with Crippen molar-refractivity contribution in [2.45, 2.75) is 60.8 Å². The molecule has 40 heteroatoms. The van der Waals surface area contributed by atoms with Crippen molar-refractivity contribution < 1.29 is 28.0 Å². The van der Waals surface area contributed by atoms with E-state index in [0.717, 1.165) is 122 Å². The van der Waals surface area contributed by atoms with Crippen LogP contribution in [0.1, 0.15) is 60.8 Å². The van der Waals surface area contributed by atoms with Gasteiger partial charge in [0.2, 0.25) is 23.6 Å². The number of H-pyrrole nitrogens is 8. The van der Waals surface area contributed by atoms with Crippen LogP contribution in [0.25, 0.3) is 223 Å². The first-order chi connectivity index (χ1) is 70.8. The molecule has 0 saturated heterocycles. The first kappa shape index (κ1) is 91.5. The molecule has 0 bridgehead atoms. The first-order valence-electron chi connectivity index (χ1n) is 45.9. The predicted octanol–water partition coefficient (Wildman–Crippen LogP) is 19.8. The Hall–Kier alpha value is -20.0. The van der Waals surface area contributed by atoms with E-state index in [1.165, 1.54) is 18.2 Å². The molecule has 0 aliphatic carbocycles. The van der Waals surface area contributed by atoms with Gasteiger partial charge in [-0.1, -0.05) is 77.9 Å². The molecule has 24 aromatic rings. The molecule has 0 fully saturated rings. The molecule has 0 aliphatic rings. The van der Waals surface area contributed by atoms with Crippen LogP contribution >= 0.6 is 0 Å². The van der Waals surface area contributed by atoms with Crippen LogP contribution in [0.2, 0.25) is 0 Å². The average Bonchev–Trinajstić information content (AvgIpc) is 1.64. The van der Waals surface area contributed by atoms with Crippen LogP contribution in [-0.2, 0) is 19.2 Å². The van der Waals surface area contributed by atoms with Gasteiger partial charge in [-0.3, -0.25) is 89.4 Å². The number of aromatic nitrogens is 30. The summed E-state index contributed by atoms with van der Waals surface area (Å²) in [6, 6.07) is 35.9. The number of aromatic amines is 8. The van der Waals surface area contributed by atoms with Crippen LogP contribution in [0.4, 0.5) is 31.5 Å². The monoisotopic (exact) mass is 1920 g/mol. The second-order valence-corrected chi connectivity index (χ2v) is 34.4. The highest BCUT2D eigenvalue weighted by molar-refractivity contribution is 6.04. The molecule has 24 rings (SSSR count). The maximum absolute atomic E-state index is 14.5. The third-order valence-corrected chi connectivity index (χ3v) is 23.6. The SMILES string of the molecule is CC(C)C(=O)Nc1cncc(-c2cnc3n[nH]c(-c4nc5c(-c6cccnc6)cncc5[nH]4)c3c2)c1.CC(C)CC(=O)Nc1cncc(-c2cnc3n[nH]c(-c4nc5c(-c6cccc(F)c6)cncc5[nH]4)c3c2)c1.CCC(=O)Nc1cncc(-c2cnc3n[nH]c(-c4nc5c(-c6ccccc6F)cncc5[nH]4)c3c2)c1.CCC(=O)Nc1cncc(-c2cnc3n[nH]c(-c4nc5c(-c6ccncc6)cncc5[nH]4)c3c2)c1. The summed E-state index contributed by atoms with van der Waals surface area (Å²) in [4.78, 5) is 141. The number of hydrogen-bond donors (Lipinski definition) is 12. The van der Waals surface area contributed by atoms with Crippen LogP contribution in [-0.4, -0.2) is 174 Å². The van der Waals surface area contributed by atoms with E-state index >= 15 is 0 Å². The molecule has 0 atom stereocenters. The lowest BCUT2D eigenvalue weighted by Gasteiger charge is -2.09. The first-order valence-corrected chi connectivity index (χ1v) is 45.9. The highest BCUT2D eigenvalue weighted by atomic mass is 19.1. The van der Waals surface area contributed by atoms with Gasteiger partial charge in [0.25, 0.3) is 0 Å². The summed E-state index contributed by atoms with van der Waals surface area (Å²) in [7, 11) is 0. The minimum atomic E-state index is -0.344. The molecule has 0 radical (unpaired) electrons. The third kappa shape index (κ3) is 19.3. The third-order valence-electron chi connectivity index (χ3n) is 23.6. The minimum Gasteiger partial charge on any atom is -0.335 e. The van der Waals surface area contributed by atoms with Crippen molar-refractivity contribution in [1.29, 1.82) is 0 Å². The van der Waals surface area contributed by atoms with Crippen molar-refractivity contribution >= 4 is 135 Å². The second-order valence-electron chi connectivity index (χ2n) is 34.4. The van der Waals surface area contributed by atoms with E-state index in [9.17, 15) is 28.0 Å². The fourth-order valence-corrected chi connectivity index (χ4v) is 16.4. The molecule has 12 N–H and O–H groups in total. The lowest BCUT2D eigenvalue weighted by Crippen LogP contribution is -2.17. The summed E-state index contributed by atoms with van der Waals surface area (Å²) in [6.07, 6.45) is 42.2. The molecule has 22 heterocycles. The zero-order valence-corrected chi connectivity index (χ0v) is 77.9. The maximum atomic E-state index is 14.5. The van der Waals surface area contributed by atoms with E-state index < -0.39 is 0 Å². The molecular weight excluding hydrogens is 1840 g/mol. The van der Waals surface area contributed by atoms with Crippen LogP contribution < -0.4 is 21.3 Å². The molecule has 0 saturated carbocycles. The molecule has 2 aromatic carbocycles. The highest BCUT2D eigenvalue weighted by Gasteiger charge is 2.25. The van der Waals surface area contributed by atoms with E-state index in [-0.39, 0.29) is 47.1 Å². The van der Waals surface area contributed by atoms with Crippen molar-refractivity contribution in [3.63, 3.8) is 0 Å². The van der Waals surface area contributed by atoms with Crippen molar-refractivity contribution in [3.8, 4) is 135 Å².